The molecule has 300 valence electrons. The summed E-state index contributed by atoms with van der Waals surface area (Å²) in [5, 5.41) is 23.8. The minimum Gasteiger partial charge on any atom is -1.00 e. The van der Waals surface area contributed by atoms with E-state index in [1.165, 1.54) is 0 Å². The molecule has 0 unspecified atom stereocenters. The van der Waals surface area contributed by atoms with Crippen molar-refractivity contribution in [3.05, 3.63) is 99.3 Å². The maximum absolute atomic E-state index is 9.75. The molecule has 6 aromatic rings. The number of fused-ring (bicyclic) bond motifs is 2. The van der Waals surface area contributed by atoms with Gasteiger partial charge in [-0.05, 0) is 89.5 Å². The van der Waals surface area contributed by atoms with Gasteiger partial charge < -0.3 is 27.7 Å². The summed E-state index contributed by atoms with van der Waals surface area (Å²) in [4.78, 5) is 18.7. The zero-order chi connectivity index (χ0) is 41.8. The summed E-state index contributed by atoms with van der Waals surface area (Å²) in [6, 6.07) is 15.2. The molecule has 55 heavy (non-hydrogen) atoms. The molecule has 0 spiro atoms. The van der Waals surface area contributed by atoms with Crippen LogP contribution in [0.25, 0.3) is 27.0 Å². The number of anilines is 1. The van der Waals surface area contributed by atoms with Crippen LogP contribution in [0.1, 0.15) is 66.5 Å². The number of nitrogens with zero attached hydrogens (tertiary/aromatic N) is 8. The normalized spacial score (nSPS) is 8.31. The molecule has 0 saturated carbocycles. The number of aryl methyl sites for hydroxylation is 2. The first-order valence-corrected chi connectivity index (χ1v) is 17.2. The molecule has 6 aromatic heterocycles. The van der Waals surface area contributed by atoms with Crippen LogP contribution in [0.4, 0.5) is 41.8 Å². The standard InChI is InChI=1S/C6H4IN3.C6H5N3.C6H6N3.C6H8N2.4C2H6.BF4.BF3.FH.Na/c7-5-4-2-1-3-8-6(4)10-9-5;1-2-5-4-8-9-6(5)7-3-1;1-5-3-2-4-8-6(5)9-7;1-5-3-2-4-8-6(5)7;4*1-2;2-1(3,4)5;2-1(3)4;;/h1-3H,(H,8,9,10);1-4H,(H,7,8,9);2-4H,1H3;2-4H,1H3,(H2,7,8);4*1-2H3;;;1H;/q;;+1;;;;;;-1;;;+1/p-1. The van der Waals surface area contributed by atoms with Crippen molar-refractivity contribution in [3.8, 4) is 0 Å². The van der Waals surface area contributed by atoms with Crippen molar-refractivity contribution in [2.24, 2.45) is 0 Å². The Hall–Kier alpha value is -3.94. The van der Waals surface area contributed by atoms with Gasteiger partial charge in [0, 0.05) is 29.0 Å². The van der Waals surface area contributed by atoms with E-state index >= 15 is 0 Å². The van der Waals surface area contributed by atoms with Crippen molar-refractivity contribution < 1.29 is 64.5 Å². The van der Waals surface area contributed by atoms with Gasteiger partial charge in [-0.1, -0.05) is 61.5 Å². The Morgan fingerprint density at radius 3 is 1.56 bits per heavy atom. The Bertz CT molecular complexity index is 1700. The molecule has 0 aliphatic heterocycles. The number of rotatable bonds is 0. The van der Waals surface area contributed by atoms with Gasteiger partial charge in [-0.3, -0.25) is 23.1 Å². The van der Waals surface area contributed by atoms with Crippen LogP contribution in [0.15, 0.2) is 79.5 Å². The molecule has 0 bridgehead atoms. The van der Waals surface area contributed by atoms with Crippen molar-refractivity contribution >= 4 is 71.1 Å². The Kier molecular flexibility index (Phi) is 47.2. The number of H-pyrrole nitrogens is 2. The number of diazo groups is 1. The molecule has 6 heterocycles. The monoisotopic (exact) mass is 909 g/mol. The Morgan fingerprint density at radius 1 is 0.727 bits per heavy atom. The number of aromatic amines is 2. The summed E-state index contributed by atoms with van der Waals surface area (Å²) in [6.07, 6.45) is 8.49. The van der Waals surface area contributed by atoms with Crippen LogP contribution in [-0.4, -0.2) is 55.1 Å². The number of halogens is 9. The van der Waals surface area contributed by atoms with Crippen LogP contribution in [0.2, 0.25) is 0 Å². The first kappa shape index (κ1) is 63.0. The Morgan fingerprint density at radius 2 is 1.16 bits per heavy atom. The van der Waals surface area contributed by atoms with E-state index in [0.29, 0.717) is 11.6 Å². The number of pyridine rings is 4. The molecule has 0 aliphatic rings. The molecule has 11 nitrogen and oxygen atoms in total. The van der Waals surface area contributed by atoms with Crippen molar-refractivity contribution in [3.63, 3.8) is 0 Å². The van der Waals surface area contributed by atoms with Crippen molar-refractivity contribution in [1.82, 2.24) is 40.3 Å². The number of nitrogen functional groups attached to an aromatic ring is 1. The first-order valence-electron chi connectivity index (χ1n) is 16.1. The molecule has 0 saturated heterocycles. The fourth-order valence-corrected chi connectivity index (χ4v) is 3.22. The quantitative estimate of drug-likeness (QED) is 0.0762. The van der Waals surface area contributed by atoms with Gasteiger partial charge in [0.25, 0.3) is 0 Å². The number of hydrogen-bond donors (Lipinski definition) is 3. The van der Waals surface area contributed by atoms with Gasteiger partial charge >= 0.3 is 50.2 Å². The van der Waals surface area contributed by atoms with Crippen LogP contribution in [0.3, 0.4) is 0 Å². The zero-order valence-corrected chi connectivity index (χ0v) is 36.9. The maximum Gasteiger partial charge on any atom is 1.00 e. The number of aromatic nitrogens is 8. The Labute approximate surface area is 353 Å². The first-order chi connectivity index (χ1) is 25.2. The summed E-state index contributed by atoms with van der Waals surface area (Å²) in [6.45, 7) is 19.8. The Balaban J connectivity index is -0.000000128. The minimum absolute atomic E-state index is 0. The van der Waals surface area contributed by atoms with Gasteiger partial charge in [0.15, 0.2) is 11.3 Å². The van der Waals surface area contributed by atoms with Gasteiger partial charge in [0.2, 0.25) is 0 Å². The number of nitrogens with two attached hydrogens (primary N) is 1. The fraction of sp³-hybridized carbons (Fsp3) is 0.312. The van der Waals surface area contributed by atoms with E-state index in [4.69, 9.17) is 11.1 Å². The van der Waals surface area contributed by atoms with E-state index in [1.54, 1.807) is 37.1 Å². The smallest absolute Gasteiger partial charge is 1.00 e. The van der Waals surface area contributed by atoms with Gasteiger partial charge in [-0.2, -0.15) is 10.2 Å². The largest absolute Gasteiger partial charge is 1.00 e. The predicted octanol–water partition coefficient (Wildman–Crippen LogP) is 5.66. The maximum atomic E-state index is 9.75. The molecule has 0 atom stereocenters. The van der Waals surface area contributed by atoms with E-state index in [2.05, 4.69) is 67.9 Å². The molecule has 0 fully saturated rings. The summed E-state index contributed by atoms with van der Waals surface area (Å²) < 4.78 is 69.0. The molecular weight excluding hydrogens is 862 g/mol. The van der Waals surface area contributed by atoms with Gasteiger partial charge in [0.1, 0.15) is 15.7 Å². The summed E-state index contributed by atoms with van der Waals surface area (Å²) in [5.41, 5.74) is 8.95. The molecule has 4 N–H and O–H groups in total. The molecule has 6 rings (SSSR count). The van der Waals surface area contributed by atoms with Crippen molar-refractivity contribution in [1.29, 1.82) is 5.39 Å². The number of nitrogens with one attached hydrogen (secondary N) is 2. The third-order valence-electron chi connectivity index (χ3n) is 4.62. The average molecular weight is 909 g/mol. The molecule has 0 radical (unpaired) electrons. The second-order valence-electron chi connectivity index (χ2n) is 7.92. The van der Waals surface area contributed by atoms with E-state index in [9.17, 15) is 30.2 Å². The van der Waals surface area contributed by atoms with Crippen LogP contribution >= 0.6 is 22.6 Å². The molecule has 0 amide bonds. The van der Waals surface area contributed by atoms with Gasteiger partial charge in [-0.15, -0.1) is 0 Å². The second-order valence-corrected chi connectivity index (χ2v) is 8.99. The van der Waals surface area contributed by atoms with E-state index in [0.717, 1.165) is 36.9 Å². The predicted molar refractivity (Wildman–Crippen MR) is 212 cm³/mol. The second kappa shape index (κ2) is 41.2. The fourth-order valence-electron chi connectivity index (χ4n) is 2.68. The zero-order valence-electron chi connectivity index (χ0n) is 32.7. The van der Waals surface area contributed by atoms with Crippen molar-refractivity contribution in [2.75, 3.05) is 5.73 Å². The van der Waals surface area contributed by atoms with Crippen LogP contribution < -0.4 is 40.0 Å². The third kappa shape index (κ3) is 35.5. The van der Waals surface area contributed by atoms with Crippen LogP contribution in [0, 0.1) is 22.9 Å². The molecule has 0 aliphatic carbocycles. The minimum atomic E-state index is -6.00. The van der Waals surface area contributed by atoms with E-state index in [-0.39, 0.29) is 34.3 Å². The molecular formula is C32H47B2F8IN11Na. The topological polar surface area (TPSA) is 163 Å². The molecule has 0 aromatic carbocycles. The summed E-state index contributed by atoms with van der Waals surface area (Å²) >= 11 is 2.20. The van der Waals surface area contributed by atoms with E-state index in [1.807, 2.05) is 112 Å². The van der Waals surface area contributed by atoms with Crippen LogP contribution in [-0.2, 0) is 0 Å². The third-order valence-corrected chi connectivity index (χ3v) is 5.44. The van der Waals surface area contributed by atoms with Crippen LogP contribution in [0.5, 0.6) is 0 Å². The number of hydrogen-bond acceptors (Lipinski definition) is 8. The summed E-state index contributed by atoms with van der Waals surface area (Å²) in [5.74, 6) is 1.00. The SMILES string of the molecule is CC.CC.CC.CC.Cc1cccnc1N.Cc1cccnc1[N+]#N.FB(F)F.F[B-](F)(F)F.Ic1[nH]nc2ncccc12.[F-].[Na+].c1cnc2[nH]ncc2c1. The van der Waals surface area contributed by atoms with Gasteiger partial charge in [0.05, 0.1) is 22.5 Å². The van der Waals surface area contributed by atoms with E-state index < -0.39 is 14.8 Å². The average Bonchev–Trinajstić information content (AvgIpc) is 3.80. The van der Waals surface area contributed by atoms with Gasteiger partial charge in [-0.25, -0.2) is 15.0 Å². The summed E-state index contributed by atoms with van der Waals surface area (Å²) in [7, 11) is -9.67. The molecule has 23 heteroatoms. The van der Waals surface area contributed by atoms with Crippen molar-refractivity contribution in [2.45, 2.75) is 69.2 Å².